The Hall–Kier alpha value is -1.39. The van der Waals surface area contributed by atoms with Crippen molar-refractivity contribution in [2.45, 2.75) is 6.54 Å². The fraction of sp³-hybridized carbons (Fsp3) is 0.0714. The normalized spacial score (nSPS) is 10.9. The van der Waals surface area contributed by atoms with Crippen LogP contribution in [0.2, 0.25) is 0 Å². The summed E-state index contributed by atoms with van der Waals surface area (Å²) in [6, 6.07) is 12.3. The zero-order chi connectivity index (χ0) is 12.5. The minimum atomic E-state index is 0.730. The Kier molecular flexibility index (Phi) is 3.06. The predicted molar refractivity (Wildman–Crippen MR) is 81.1 cm³/mol. The number of fused-ring (bicyclic) bond motifs is 1. The van der Waals surface area contributed by atoms with Gasteiger partial charge >= 0.3 is 0 Å². The molecule has 0 amide bonds. The number of imidazole rings is 1. The molecule has 0 bridgehead atoms. The molecule has 4 heteroatoms. The molecule has 0 N–H and O–H groups in total. The molecule has 0 radical (unpaired) electrons. The smallest absolute Gasteiger partial charge is 0.151 e. The van der Waals surface area contributed by atoms with Gasteiger partial charge in [0.05, 0.1) is 22.5 Å². The van der Waals surface area contributed by atoms with E-state index in [1.165, 1.54) is 4.88 Å². The quantitative estimate of drug-likeness (QED) is 0.686. The molecule has 2 aromatic heterocycles. The lowest BCUT2D eigenvalue weighted by molar-refractivity contribution is 0.857. The zero-order valence-electron chi connectivity index (χ0n) is 9.64. The van der Waals surface area contributed by atoms with Gasteiger partial charge in [-0.25, -0.2) is 4.98 Å². The van der Waals surface area contributed by atoms with Crippen molar-refractivity contribution in [2.24, 2.45) is 0 Å². The molecule has 90 valence electrons. The molecular formula is C14H11BrN2S. The number of aromatic nitrogens is 2. The second-order valence-corrected chi connectivity index (χ2v) is 6.07. The van der Waals surface area contributed by atoms with Crippen LogP contribution in [0.25, 0.3) is 21.7 Å². The molecule has 0 atom stereocenters. The lowest BCUT2D eigenvalue weighted by atomic mass is 10.3. The van der Waals surface area contributed by atoms with Crippen LogP contribution in [0.15, 0.2) is 52.8 Å². The number of para-hydroxylation sites is 2. The average molecular weight is 319 g/mol. The summed E-state index contributed by atoms with van der Waals surface area (Å²) in [5, 5.41) is 2.07. The van der Waals surface area contributed by atoms with Crippen molar-refractivity contribution in [3.63, 3.8) is 0 Å². The topological polar surface area (TPSA) is 17.8 Å². The molecule has 2 heterocycles. The molecule has 3 aromatic rings. The van der Waals surface area contributed by atoms with Crippen molar-refractivity contribution < 1.29 is 0 Å². The largest absolute Gasteiger partial charge is 0.318 e. The third-order valence-corrected chi connectivity index (χ3v) is 3.84. The highest BCUT2D eigenvalue weighted by Crippen LogP contribution is 2.29. The maximum atomic E-state index is 4.72. The van der Waals surface area contributed by atoms with Crippen LogP contribution in [0.1, 0.15) is 0 Å². The van der Waals surface area contributed by atoms with E-state index in [4.69, 9.17) is 4.98 Å². The summed E-state index contributed by atoms with van der Waals surface area (Å²) < 4.78 is 3.14. The van der Waals surface area contributed by atoms with Crippen LogP contribution >= 0.6 is 27.3 Å². The van der Waals surface area contributed by atoms with E-state index in [9.17, 15) is 0 Å². The molecule has 0 unspecified atom stereocenters. The number of hydrogen-bond acceptors (Lipinski definition) is 2. The number of hydrogen-bond donors (Lipinski definition) is 0. The fourth-order valence-corrected chi connectivity index (χ4v) is 2.97. The van der Waals surface area contributed by atoms with Crippen LogP contribution in [0, 0.1) is 0 Å². The molecule has 0 aliphatic carbocycles. The maximum absolute atomic E-state index is 4.72. The summed E-state index contributed by atoms with van der Waals surface area (Å²) >= 11 is 5.14. The molecule has 0 saturated heterocycles. The van der Waals surface area contributed by atoms with E-state index in [-0.39, 0.29) is 0 Å². The summed E-state index contributed by atoms with van der Waals surface area (Å²) in [5.41, 5.74) is 2.16. The zero-order valence-corrected chi connectivity index (χ0v) is 12.0. The molecule has 2 nitrogen and oxygen atoms in total. The summed E-state index contributed by atoms with van der Waals surface area (Å²) in [5.74, 6) is 1.01. The van der Waals surface area contributed by atoms with Gasteiger partial charge in [-0.3, -0.25) is 0 Å². The van der Waals surface area contributed by atoms with Gasteiger partial charge in [0.1, 0.15) is 0 Å². The third kappa shape index (κ3) is 2.02. The maximum Gasteiger partial charge on any atom is 0.151 e. The van der Waals surface area contributed by atoms with Crippen LogP contribution in [-0.4, -0.2) is 9.55 Å². The average Bonchev–Trinajstić information content (AvgIpc) is 2.96. The Morgan fingerprint density at radius 2 is 2.11 bits per heavy atom. The van der Waals surface area contributed by atoms with E-state index in [0.717, 1.165) is 27.9 Å². The molecular weight excluding hydrogens is 308 g/mol. The number of nitrogens with zero attached hydrogens (tertiary/aromatic N) is 2. The van der Waals surface area contributed by atoms with Crippen molar-refractivity contribution >= 4 is 38.3 Å². The molecule has 0 spiro atoms. The van der Waals surface area contributed by atoms with Gasteiger partial charge in [-0.15, -0.1) is 11.3 Å². The number of benzene rings is 1. The number of halogens is 1. The first-order chi connectivity index (χ1) is 8.75. The monoisotopic (exact) mass is 318 g/mol. The number of rotatable bonds is 3. The van der Waals surface area contributed by atoms with Crippen LogP contribution in [0.4, 0.5) is 0 Å². The molecule has 0 aliphatic heterocycles. The van der Waals surface area contributed by atoms with Crippen molar-refractivity contribution in [3.05, 3.63) is 52.8 Å². The molecule has 0 fully saturated rings. The highest BCUT2D eigenvalue weighted by atomic mass is 79.9. The van der Waals surface area contributed by atoms with Gasteiger partial charge in [-0.2, -0.15) is 0 Å². The van der Waals surface area contributed by atoms with E-state index < -0.39 is 0 Å². The highest BCUT2D eigenvalue weighted by molar-refractivity contribution is 9.11. The molecule has 1 aromatic carbocycles. The van der Waals surface area contributed by atoms with Gasteiger partial charge in [-0.1, -0.05) is 40.7 Å². The third-order valence-electron chi connectivity index (χ3n) is 2.73. The van der Waals surface area contributed by atoms with Crippen molar-refractivity contribution in [1.29, 1.82) is 0 Å². The minimum Gasteiger partial charge on any atom is -0.318 e. The second kappa shape index (κ2) is 4.71. The van der Waals surface area contributed by atoms with Crippen LogP contribution < -0.4 is 0 Å². The molecule has 0 saturated carbocycles. The van der Waals surface area contributed by atoms with Gasteiger partial charge < -0.3 is 4.57 Å². The summed E-state index contributed by atoms with van der Waals surface area (Å²) in [7, 11) is 0. The molecule has 3 rings (SSSR count). The number of allylic oxidation sites excluding steroid dienone is 1. The van der Waals surface area contributed by atoms with Crippen molar-refractivity contribution in [1.82, 2.24) is 9.55 Å². The van der Waals surface area contributed by atoms with E-state index in [1.807, 2.05) is 24.3 Å². The van der Waals surface area contributed by atoms with Gasteiger partial charge in [0.15, 0.2) is 5.82 Å². The Morgan fingerprint density at radius 1 is 1.28 bits per heavy atom. The first-order valence-electron chi connectivity index (χ1n) is 5.58. The van der Waals surface area contributed by atoms with E-state index in [1.54, 1.807) is 11.3 Å². The fourth-order valence-electron chi connectivity index (χ4n) is 2.00. The standard InChI is InChI=1S/C14H11BrN2S/c1-10(15)9-17-12-6-3-2-5-11(12)16-14(17)13-7-4-8-18-13/h2-8H,1,9H2. The first-order valence-corrected chi connectivity index (χ1v) is 7.25. The van der Waals surface area contributed by atoms with E-state index in [2.05, 4.69) is 44.6 Å². The van der Waals surface area contributed by atoms with Crippen molar-refractivity contribution in [3.8, 4) is 10.7 Å². The molecule has 18 heavy (non-hydrogen) atoms. The Bertz CT molecular complexity index is 698. The van der Waals surface area contributed by atoms with Gasteiger partial charge in [0, 0.05) is 4.48 Å². The van der Waals surface area contributed by atoms with Gasteiger partial charge in [-0.05, 0) is 23.6 Å². The lowest BCUT2D eigenvalue weighted by Gasteiger charge is -2.06. The summed E-state index contributed by atoms with van der Waals surface area (Å²) in [4.78, 5) is 5.90. The van der Waals surface area contributed by atoms with E-state index >= 15 is 0 Å². The van der Waals surface area contributed by atoms with Gasteiger partial charge in [0.25, 0.3) is 0 Å². The Balaban J connectivity index is 2.26. The van der Waals surface area contributed by atoms with Crippen LogP contribution in [0.5, 0.6) is 0 Å². The second-order valence-electron chi connectivity index (χ2n) is 4.00. The highest BCUT2D eigenvalue weighted by Gasteiger charge is 2.12. The van der Waals surface area contributed by atoms with E-state index in [0.29, 0.717) is 0 Å². The summed E-state index contributed by atoms with van der Waals surface area (Å²) in [6.07, 6.45) is 0. The Morgan fingerprint density at radius 3 is 2.83 bits per heavy atom. The number of thiophene rings is 1. The Labute approximate surface area is 118 Å². The minimum absolute atomic E-state index is 0.730. The van der Waals surface area contributed by atoms with Crippen molar-refractivity contribution in [2.75, 3.05) is 0 Å². The van der Waals surface area contributed by atoms with Gasteiger partial charge in [0.2, 0.25) is 0 Å². The SMILES string of the molecule is C=C(Br)Cn1c(-c2cccs2)nc2ccccc21. The predicted octanol–water partition coefficient (Wildman–Crippen LogP) is 4.67. The van der Waals surface area contributed by atoms with Crippen LogP contribution in [0.3, 0.4) is 0 Å². The lowest BCUT2D eigenvalue weighted by Crippen LogP contribution is -1.99. The first kappa shape index (κ1) is 11.7. The summed E-state index contributed by atoms with van der Waals surface area (Å²) in [6.45, 7) is 4.66. The van der Waals surface area contributed by atoms with Crippen LogP contribution in [-0.2, 0) is 6.54 Å². The molecule has 0 aliphatic rings.